The fourth-order valence-corrected chi connectivity index (χ4v) is 4.06. The first-order chi connectivity index (χ1) is 11.0. The zero-order valence-electron chi connectivity index (χ0n) is 13.8. The fourth-order valence-electron chi connectivity index (χ4n) is 2.73. The van der Waals surface area contributed by atoms with Crippen molar-refractivity contribution in [3.63, 3.8) is 0 Å². The summed E-state index contributed by atoms with van der Waals surface area (Å²) in [6.45, 7) is 1.80. The number of carbonyl (C=O) groups is 1. The molecule has 0 radical (unpaired) electrons. The van der Waals surface area contributed by atoms with Crippen molar-refractivity contribution in [2.24, 2.45) is 0 Å². The SMILES string of the molecule is COC1(C(=O)NCCCS(=O)(=O)c2ccccc2)CCNCC1.Cl. The Bertz CT molecular complexity index is 616. The number of nitrogens with one attached hydrogen (secondary N) is 2. The lowest BCUT2D eigenvalue weighted by molar-refractivity contribution is -0.146. The van der Waals surface area contributed by atoms with Crippen LogP contribution in [-0.2, 0) is 19.4 Å². The molecule has 0 spiro atoms. The highest BCUT2D eigenvalue weighted by molar-refractivity contribution is 7.91. The summed E-state index contributed by atoms with van der Waals surface area (Å²) in [4.78, 5) is 12.6. The lowest BCUT2D eigenvalue weighted by Crippen LogP contribution is -2.54. The summed E-state index contributed by atoms with van der Waals surface area (Å²) in [5, 5.41) is 6.01. The monoisotopic (exact) mass is 376 g/mol. The predicted molar refractivity (Wildman–Crippen MR) is 95.2 cm³/mol. The van der Waals surface area contributed by atoms with Crippen molar-refractivity contribution in [3.8, 4) is 0 Å². The highest BCUT2D eigenvalue weighted by Crippen LogP contribution is 2.22. The van der Waals surface area contributed by atoms with Gasteiger partial charge in [0.15, 0.2) is 9.84 Å². The van der Waals surface area contributed by atoms with Crippen LogP contribution in [0.15, 0.2) is 35.2 Å². The molecule has 0 bridgehead atoms. The van der Waals surface area contributed by atoms with Crippen molar-refractivity contribution in [3.05, 3.63) is 30.3 Å². The zero-order valence-corrected chi connectivity index (χ0v) is 15.4. The van der Waals surface area contributed by atoms with Gasteiger partial charge in [-0.25, -0.2) is 8.42 Å². The third-order valence-electron chi connectivity index (χ3n) is 4.19. The van der Waals surface area contributed by atoms with Gasteiger partial charge in [0, 0.05) is 13.7 Å². The van der Waals surface area contributed by atoms with Crippen LogP contribution < -0.4 is 10.6 Å². The van der Waals surface area contributed by atoms with E-state index in [0.29, 0.717) is 30.7 Å². The molecule has 1 fully saturated rings. The number of ether oxygens (including phenoxy) is 1. The van der Waals surface area contributed by atoms with Gasteiger partial charge in [-0.3, -0.25) is 4.79 Å². The number of rotatable bonds is 7. The average molecular weight is 377 g/mol. The van der Waals surface area contributed by atoms with Gasteiger partial charge < -0.3 is 15.4 Å². The summed E-state index contributed by atoms with van der Waals surface area (Å²) in [5.74, 6) is -0.141. The van der Waals surface area contributed by atoms with Crippen molar-refractivity contribution >= 4 is 28.2 Å². The summed E-state index contributed by atoms with van der Waals surface area (Å²) >= 11 is 0. The van der Waals surface area contributed by atoms with Crippen LogP contribution in [0.1, 0.15) is 19.3 Å². The van der Waals surface area contributed by atoms with Crippen molar-refractivity contribution in [2.75, 3.05) is 32.5 Å². The molecule has 0 aliphatic carbocycles. The summed E-state index contributed by atoms with van der Waals surface area (Å²) in [7, 11) is -1.75. The number of piperidine rings is 1. The van der Waals surface area contributed by atoms with Gasteiger partial charge >= 0.3 is 0 Å². The molecular formula is C16H25ClN2O4S. The van der Waals surface area contributed by atoms with Gasteiger partial charge in [0.1, 0.15) is 5.60 Å². The number of benzene rings is 1. The van der Waals surface area contributed by atoms with Gasteiger partial charge in [-0.15, -0.1) is 12.4 Å². The van der Waals surface area contributed by atoms with Gasteiger partial charge in [-0.2, -0.15) is 0 Å². The Labute approximate surface area is 149 Å². The molecule has 0 unspecified atom stereocenters. The molecule has 0 atom stereocenters. The molecule has 6 nitrogen and oxygen atoms in total. The van der Waals surface area contributed by atoms with Gasteiger partial charge in [0.05, 0.1) is 10.6 Å². The number of carbonyl (C=O) groups excluding carboxylic acids is 1. The van der Waals surface area contributed by atoms with Crippen LogP contribution in [0, 0.1) is 0 Å². The van der Waals surface area contributed by atoms with E-state index in [0.717, 1.165) is 13.1 Å². The van der Waals surface area contributed by atoms with Crippen molar-refractivity contribution in [1.82, 2.24) is 10.6 Å². The van der Waals surface area contributed by atoms with Crippen LogP contribution >= 0.6 is 12.4 Å². The second-order valence-electron chi connectivity index (χ2n) is 5.69. The lowest BCUT2D eigenvalue weighted by atomic mass is 9.91. The van der Waals surface area contributed by atoms with E-state index < -0.39 is 15.4 Å². The van der Waals surface area contributed by atoms with E-state index in [1.807, 2.05) is 0 Å². The second-order valence-corrected chi connectivity index (χ2v) is 7.80. The number of sulfone groups is 1. The zero-order chi connectivity index (χ0) is 16.8. The quantitative estimate of drug-likeness (QED) is 0.697. The Hall–Kier alpha value is -1.15. The Morgan fingerprint density at radius 3 is 2.46 bits per heavy atom. The minimum atomic E-state index is -3.30. The first-order valence-corrected chi connectivity index (χ1v) is 9.47. The van der Waals surface area contributed by atoms with Crippen LogP contribution in [0.4, 0.5) is 0 Å². The van der Waals surface area contributed by atoms with E-state index in [1.165, 1.54) is 0 Å². The van der Waals surface area contributed by atoms with Gasteiger partial charge in [-0.1, -0.05) is 18.2 Å². The van der Waals surface area contributed by atoms with Crippen molar-refractivity contribution in [2.45, 2.75) is 29.8 Å². The molecule has 1 aromatic rings. The Morgan fingerprint density at radius 2 is 1.88 bits per heavy atom. The van der Waals surface area contributed by atoms with Gasteiger partial charge in [-0.05, 0) is 44.5 Å². The fraction of sp³-hybridized carbons (Fsp3) is 0.562. The maximum absolute atomic E-state index is 12.3. The molecule has 136 valence electrons. The minimum absolute atomic E-state index is 0. The van der Waals surface area contributed by atoms with Crippen LogP contribution in [0.3, 0.4) is 0 Å². The summed E-state index contributed by atoms with van der Waals surface area (Å²) in [5.41, 5.74) is -0.788. The third-order valence-corrected chi connectivity index (χ3v) is 6.01. The molecule has 8 heteroatoms. The standard InChI is InChI=1S/C16H24N2O4S.ClH/c1-22-16(8-11-17-12-9-16)15(19)18-10-5-13-23(20,21)14-6-3-2-4-7-14;/h2-4,6-7,17H,5,8-13H2,1H3,(H,18,19);1H. The molecular weight excluding hydrogens is 352 g/mol. The van der Waals surface area contributed by atoms with E-state index in [9.17, 15) is 13.2 Å². The highest BCUT2D eigenvalue weighted by Gasteiger charge is 2.39. The maximum Gasteiger partial charge on any atom is 0.252 e. The number of halogens is 1. The van der Waals surface area contributed by atoms with Crippen LogP contribution in [-0.4, -0.2) is 52.4 Å². The minimum Gasteiger partial charge on any atom is -0.368 e. The number of methoxy groups -OCH3 is 1. The number of hydrogen-bond donors (Lipinski definition) is 2. The summed E-state index contributed by atoms with van der Waals surface area (Å²) < 4.78 is 29.7. The van der Waals surface area contributed by atoms with Crippen LogP contribution in [0.2, 0.25) is 0 Å². The van der Waals surface area contributed by atoms with E-state index in [2.05, 4.69) is 10.6 Å². The van der Waals surface area contributed by atoms with E-state index in [-0.39, 0.29) is 24.1 Å². The smallest absolute Gasteiger partial charge is 0.252 e. The first-order valence-electron chi connectivity index (χ1n) is 7.82. The Morgan fingerprint density at radius 1 is 1.25 bits per heavy atom. The molecule has 1 aliphatic rings. The molecule has 0 saturated carbocycles. The van der Waals surface area contributed by atoms with Crippen LogP contribution in [0.25, 0.3) is 0 Å². The summed E-state index contributed by atoms with van der Waals surface area (Å²) in [6, 6.07) is 8.36. The van der Waals surface area contributed by atoms with E-state index in [4.69, 9.17) is 4.74 Å². The molecule has 24 heavy (non-hydrogen) atoms. The van der Waals surface area contributed by atoms with Gasteiger partial charge in [0.2, 0.25) is 0 Å². The lowest BCUT2D eigenvalue weighted by Gasteiger charge is -2.34. The molecule has 1 heterocycles. The Balaban J connectivity index is 0.00000288. The van der Waals surface area contributed by atoms with Crippen LogP contribution in [0.5, 0.6) is 0 Å². The number of hydrogen-bond acceptors (Lipinski definition) is 5. The molecule has 2 rings (SSSR count). The molecule has 2 N–H and O–H groups in total. The van der Waals surface area contributed by atoms with Crippen molar-refractivity contribution in [1.29, 1.82) is 0 Å². The second kappa shape index (κ2) is 9.36. The van der Waals surface area contributed by atoms with E-state index in [1.54, 1.807) is 37.4 Å². The largest absolute Gasteiger partial charge is 0.368 e. The molecule has 1 aliphatic heterocycles. The molecule has 1 amide bonds. The normalized spacial score (nSPS) is 16.9. The van der Waals surface area contributed by atoms with Gasteiger partial charge in [0.25, 0.3) is 5.91 Å². The average Bonchev–Trinajstić information content (AvgIpc) is 2.60. The highest BCUT2D eigenvalue weighted by atomic mass is 35.5. The number of amides is 1. The summed E-state index contributed by atoms with van der Waals surface area (Å²) in [6.07, 6.45) is 1.62. The first kappa shape index (κ1) is 20.9. The maximum atomic E-state index is 12.3. The molecule has 1 saturated heterocycles. The van der Waals surface area contributed by atoms with Crippen molar-refractivity contribution < 1.29 is 17.9 Å². The predicted octanol–water partition coefficient (Wildman–Crippen LogP) is 1.16. The Kier molecular flexibility index (Phi) is 8.15. The van der Waals surface area contributed by atoms with E-state index >= 15 is 0 Å². The molecule has 1 aromatic carbocycles. The topological polar surface area (TPSA) is 84.5 Å². The molecule has 0 aromatic heterocycles. The third kappa shape index (κ3) is 5.17.